The Morgan fingerprint density at radius 1 is 1.07 bits per heavy atom. The second kappa shape index (κ2) is 9.09. The molecule has 1 fully saturated rings. The van der Waals surface area contributed by atoms with Gasteiger partial charge in [-0.3, -0.25) is 0 Å². The number of rotatable bonds is 9. The normalized spacial score (nSPS) is 17.4. The Bertz CT molecular complexity index is 138. The highest BCUT2D eigenvalue weighted by molar-refractivity contribution is 4.66. The maximum Gasteiger partial charge on any atom is 0.0698 e. The average Bonchev–Trinajstić information content (AvgIpc) is 2.75. The highest BCUT2D eigenvalue weighted by Crippen LogP contribution is 2.20. The third kappa shape index (κ3) is 6.84. The van der Waals surface area contributed by atoms with E-state index in [1.807, 2.05) is 0 Å². The Labute approximate surface area is 92.0 Å². The molecule has 0 aliphatic heterocycles. The predicted molar refractivity (Wildman–Crippen MR) is 59.0 cm³/mol. The van der Waals surface area contributed by atoms with E-state index in [0.29, 0.717) is 19.3 Å². The maximum absolute atomic E-state index is 8.46. The number of aliphatic hydroxyl groups excluding tert-OH is 1. The first kappa shape index (κ1) is 12.9. The first-order valence-corrected chi connectivity index (χ1v) is 5.94. The van der Waals surface area contributed by atoms with E-state index in [2.05, 4.69) is 5.32 Å². The Kier molecular flexibility index (Phi) is 7.83. The van der Waals surface area contributed by atoms with Crippen LogP contribution in [0.15, 0.2) is 0 Å². The van der Waals surface area contributed by atoms with Crippen LogP contribution >= 0.6 is 0 Å². The lowest BCUT2D eigenvalue weighted by atomic mass is 10.3. The second-order valence-electron chi connectivity index (χ2n) is 3.86. The zero-order valence-corrected chi connectivity index (χ0v) is 9.41. The van der Waals surface area contributed by atoms with Crippen molar-refractivity contribution >= 4 is 0 Å². The van der Waals surface area contributed by atoms with Gasteiger partial charge in [-0.15, -0.1) is 0 Å². The van der Waals surface area contributed by atoms with Crippen LogP contribution in [0.25, 0.3) is 0 Å². The van der Waals surface area contributed by atoms with Gasteiger partial charge < -0.3 is 19.9 Å². The molecule has 1 aliphatic rings. The van der Waals surface area contributed by atoms with Gasteiger partial charge in [0.05, 0.1) is 32.5 Å². The Morgan fingerprint density at radius 3 is 2.53 bits per heavy atom. The summed E-state index contributed by atoms with van der Waals surface area (Å²) in [5.41, 5.74) is 0. The highest BCUT2D eigenvalue weighted by atomic mass is 16.5. The van der Waals surface area contributed by atoms with Crippen LogP contribution in [0, 0.1) is 0 Å². The van der Waals surface area contributed by atoms with E-state index < -0.39 is 0 Å². The molecule has 0 bridgehead atoms. The van der Waals surface area contributed by atoms with Crippen molar-refractivity contribution in [3.8, 4) is 0 Å². The zero-order chi connectivity index (χ0) is 10.8. The molecule has 0 spiro atoms. The minimum atomic E-state index is 0.102. The molecule has 90 valence electrons. The fraction of sp³-hybridized carbons (Fsp3) is 1.00. The van der Waals surface area contributed by atoms with Crippen molar-refractivity contribution in [1.29, 1.82) is 0 Å². The summed E-state index contributed by atoms with van der Waals surface area (Å²) in [6, 6.07) is 0. The summed E-state index contributed by atoms with van der Waals surface area (Å²) in [4.78, 5) is 0. The molecule has 0 unspecified atom stereocenters. The van der Waals surface area contributed by atoms with Gasteiger partial charge in [0, 0.05) is 13.1 Å². The third-order valence-electron chi connectivity index (χ3n) is 2.59. The fourth-order valence-corrected chi connectivity index (χ4v) is 1.79. The summed E-state index contributed by atoms with van der Waals surface area (Å²) in [7, 11) is 0. The van der Waals surface area contributed by atoms with Gasteiger partial charge >= 0.3 is 0 Å². The molecule has 0 aromatic carbocycles. The molecule has 0 radical (unpaired) electrons. The summed E-state index contributed by atoms with van der Waals surface area (Å²) < 4.78 is 10.8. The van der Waals surface area contributed by atoms with Gasteiger partial charge in [0.15, 0.2) is 0 Å². The van der Waals surface area contributed by atoms with Gasteiger partial charge in [-0.2, -0.15) is 0 Å². The molecular weight excluding hydrogens is 194 g/mol. The van der Waals surface area contributed by atoms with Crippen LogP contribution < -0.4 is 5.32 Å². The number of nitrogens with one attached hydrogen (secondary N) is 1. The number of hydrogen-bond donors (Lipinski definition) is 2. The number of ether oxygens (including phenoxy) is 2. The molecule has 0 aromatic heterocycles. The topological polar surface area (TPSA) is 50.7 Å². The Morgan fingerprint density at radius 2 is 1.80 bits per heavy atom. The van der Waals surface area contributed by atoms with Crippen LogP contribution in [-0.2, 0) is 9.47 Å². The molecule has 1 aliphatic carbocycles. The van der Waals surface area contributed by atoms with Crippen molar-refractivity contribution in [2.45, 2.75) is 31.8 Å². The largest absolute Gasteiger partial charge is 0.394 e. The molecule has 0 aromatic rings. The Hall–Kier alpha value is -0.160. The van der Waals surface area contributed by atoms with Gasteiger partial charge in [0.1, 0.15) is 0 Å². The van der Waals surface area contributed by atoms with E-state index in [-0.39, 0.29) is 6.61 Å². The van der Waals surface area contributed by atoms with Crippen molar-refractivity contribution in [3.05, 3.63) is 0 Å². The molecule has 0 heterocycles. The average molecular weight is 217 g/mol. The van der Waals surface area contributed by atoms with Crippen LogP contribution in [0.2, 0.25) is 0 Å². The molecule has 0 atom stereocenters. The van der Waals surface area contributed by atoms with E-state index >= 15 is 0 Å². The standard InChI is InChI=1S/C11H23NO3/c13-7-10-14-8-5-12-6-9-15-11-3-1-2-4-11/h11-13H,1-10H2. The molecule has 0 saturated heterocycles. The summed E-state index contributed by atoms with van der Waals surface area (Å²) >= 11 is 0. The van der Waals surface area contributed by atoms with Gasteiger partial charge in [0.25, 0.3) is 0 Å². The number of aliphatic hydroxyl groups is 1. The van der Waals surface area contributed by atoms with Crippen LogP contribution in [0.1, 0.15) is 25.7 Å². The first-order valence-electron chi connectivity index (χ1n) is 5.94. The van der Waals surface area contributed by atoms with Crippen molar-refractivity contribution in [1.82, 2.24) is 5.32 Å². The molecule has 4 nitrogen and oxygen atoms in total. The first-order chi connectivity index (χ1) is 7.43. The maximum atomic E-state index is 8.46. The zero-order valence-electron chi connectivity index (χ0n) is 9.41. The third-order valence-corrected chi connectivity index (χ3v) is 2.59. The summed E-state index contributed by atoms with van der Waals surface area (Å²) in [5, 5.41) is 11.7. The lowest BCUT2D eigenvalue weighted by molar-refractivity contribution is 0.0575. The van der Waals surface area contributed by atoms with Crippen LogP contribution in [-0.4, -0.2) is 50.7 Å². The summed E-state index contributed by atoms with van der Waals surface area (Å²) in [6.45, 7) is 3.70. The molecular formula is C11H23NO3. The second-order valence-corrected chi connectivity index (χ2v) is 3.86. The van der Waals surface area contributed by atoms with Gasteiger partial charge in [-0.05, 0) is 12.8 Å². The highest BCUT2D eigenvalue weighted by Gasteiger charge is 2.14. The van der Waals surface area contributed by atoms with Crippen LogP contribution in [0.5, 0.6) is 0 Å². The smallest absolute Gasteiger partial charge is 0.0698 e. The van der Waals surface area contributed by atoms with E-state index in [0.717, 1.165) is 19.7 Å². The van der Waals surface area contributed by atoms with Crippen molar-refractivity contribution in [2.75, 3.05) is 39.5 Å². The molecule has 2 N–H and O–H groups in total. The lowest BCUT2D eigenvalue weighted by Gasteiger charge is -2.11. The molecule has 4 heteroatoms. The molecule has 0 amide bonds. The van der Waals surface area contributed by atoms with Crippen molar-refractivity contribution < 1.29 is 14.6 Å². The van der Waals surface area contributed by atoms with Gasteiger partial charge in [-0.25, -0.2) is 0 Å². The van der Waals surface area contributed by atoms with Crippen LogP contribution in [0.4, 0.5) is 0 Å². The van der Waals surface area contributed by atoms with Gasteiger partial charge in [-0.1, -0.05) is 12.8 Å². The quantitative estimate of drug-likeness (QED) is 0.554. The molecule has 1 saturated carbocycles. The summed E-state index contributed by atoms with van der Waals surface area (Å²) in [6.07, 6.45) is 5.64. The Balaban J connectivity index is 1.73. The summed E-state index contributed by atoms with van der Waals surface area (Å²) in [5.74, 6) is 0. The monoisotopic (exact) mass is 217 g/mol. The molecule has 15 heavy (non-hydrogen) atoms. The predicted octanol–water partition coefficient (Wildman–Crippen LogP) is 0.544. The van der Waals surface area contributed by atoms with Crippen molar-refractivity contribution in [2.24, 2.45) is 0 Å². The SMILES string of the molecule is OCCOCCNCCOC1CCCC1. The fourth-order valence-electron chi connectivity index (χ4n) is 1.79. The van der Waals surface area contributed by atoms with Gasteiger partial charge in [0.2, 0.25) is 0 Å². The van der Waals surface area contributed by atoms with Crippen molar-refractivity contribution in [3.63, 3.8) is 0 Å². The van der Waals surface area contributed by atoms with E-state index in [1.54, 1.807) is 0 Å². The van der Waals surface area contributed by atoms with E-state index in [4.69, 9.17) is 14.6 Å². The van der Waals surface area contributed by atoms with Crippen LogP contribution in [0.3, 0.4) is 0 Å². The minimum absolute atomic E-state index is 0.102. The number of hydrogen-bond acceptors (Lipinski definition) is 4. The lowest BCUT2D eigenvalue weighted by Crippen LogP contribution is -2.25. The van der Waals surface area contributed by atoms with E-state index in [9.17, 15) is 0 Å². The minimum Gasteiger partial charge on any atom is -0.394 e. The van der Waals surface area contributed by atoms with E-state index in [1.165, 1.54) is 25.7 Å². The molecule has 1 rings (SSSR count).